The summed E-state index contributed by atoms with van der Waals surface area (Å²) in [7, 11) is -4.41. The first-order chi connectivity index (χ1) is 4.99. The Labute approximate surface area is 69.7 Å². The molecule has 0 saturated heterocycles. The van der Waals surface area contributed by atoms with Gasteiger partial charge < -0.3 is 20.4 Å². The third kappa shape index (κ3) is 3.62. The fourth-order valence-corrected chi connectivity index (χ4v) is 1.80. The van der Waals surface area contributed by atoms with Crippen LogP contribution in [0, 0.1) is 0 Å². The highest BCUT2D eigenvalue weighted by atomic mass is 31.2. The Bertz CT molecular complexity index is 177. The van der Waals surface area contributed by atoms with Gasteiger partial charge in [0, 0.05) is 0 Å². The van der Waals surface area contributed by atoms with Crippen molar-refractivity contribution in [3.8, 4) is 0 Å². The van der Waals surface area contributed by atoms with E-state index in [2.05, 4.69) is 4.52 Å². The summed E-state index contributed by atoms with van der Waals surface area (Å²) in [6.07, 6.45) is 0.432. The van der Waals surface area contributed by atoms with E-state index in [0.29, 0.717) is 12.8 Å². The van der Waals surface area contributed by atoms with E-state index in [4.69, 9.17) is 14.9 Å². The second-order valence-electron chi connectivity index (χ2n) is 2.63. The number of hydrogen-bond donors (Lipinski definition) is 3. The highest BCUT2D eigenvalue weighted by Crippen LogP contribution is 2.41. The van der Waals surface area contributed by atoms with E-state index in [1.165, 1.54) is 0 Å². The number of phosphoric ester groups is 1. The minimum absolute atomic E-state index is 0. The Morgan fingerprint density at radius 3 is 2.25 bits per heavy atom. The lowest BCUT2D eigenvalue weighted by atomic mass is 10.3. The predicted octanol–water partition coefficient (Wildman–Crippen LogP) is -0.816. The zero-order chi connectivity index (χ0) is 8.48. The van der Waals surface area contributed by atoms with Crippen molar-refractivity contribution in [2.45, 2.75) is 31.5 Å². The summed E-state index contributed by atoms with van der Waals surface area (Å²) in [5.74, 6) is 0. The summed E-state index contributed by atoms with van der Waals surface area (Å²) in [5, 5.41) is 9.08. The number of aliphatic hydroxyl groups is 1. The standard InChI is InChI=1S/C5H11O5P.H2O/c6-4-2-1-3-5(4)10-11(7,8)9;/h4-6H,1-3H2,(H2,7,8,9);1H2. The quantitative estimate of drug-likeness (QED) is 0.503. The minimum Gasteiger partial charge on any atom is -0.412 e. The average Bonchev–Trinajstić information content (AvgIpc) is 2.12. The van der Waals surface area contributed by atoms with Gasteiger partial charge in [0.05, 0.1) is 12.2 Å². The molecule has 2 unspecified atom stereocenters. The molecule has 0 radical (unpaired) electrons. The first-order valence-corrected chi connectivity index (χ1v) is 4.94. The van der Waals surface area contributed by atoms with Crippen LogP contribution in [-0.4, -0.2) is 32.6 Å². The van der Waals surface area contributed by atoms with E-state index < -0.39 is 20.0 Å². The van der Waals surface area contributed by atoms with E-state index in [-0.39, 0.29) is 5.48 Å². The Morgan fingerprint density at radius 1 is 1.33 bits per heavy atom. The maximum Gasteiger partial charge on any atom is 0.469 e. The van der Waals surface area contributed by atoms with Crippen LogP contribution in [0.3, 0.4) is 0 Å². The van der Waals surface area contributed by atoms with Gasteiger partial charge in [-0.1, -0.05) is 0 Å². The van der Waals surface area contributed by atoms with Crippen LogP contribution in [0.1, 0.15) is 19.3 Å². The molecule has 0 amide bonds. The lowest BCUT2D eigenvalue weighted by Crippen LogP contribution is -2.21. The first-order valence-electron chi connectivity index (χ1n) is 3.41. The SMILES string of the molecule is O.O=P(O)(O)OC1CCCC1O. The van der Waals surface area contributed by atoms with Gasteiger partial charge in [0.15, 0.2) is 0 Å². The number of rotatable bonds is 2. The van der Waals surface area contributed by atoms with Crippen molar-refractivity contribution in [2.75, 3.05) is 0 Å². The van der Waals surface area contributed by atoms with Crippen LogP contribution in [0.15, 0.2) is 0 Å². The van der Waals surface area contributed by atoms with Crippen molar-refractivity contribution in [1.29, 1.82) is 0 Å². The van der Waals surface area contributed by atoms with Crippen LogP contribution in [0.5, 0.6) is 0 Å². The molecule has 0 aromatic carbocycles. The zero-order valence-corrected chi connectivity index (χ0v) is 7.28. The van der Waals surface area contributed by atoms with Gasteiger partial charge in [-0.05, 0) is 19.3 Å². The van der Waals surface area contributed by atoms with E-state index in [1.54, 1.807) is 0 Å². The molecule has 5 N–H and O–H groups in total. The Morgan fingerprint density at radius 2 is 1.92 bits per heavy atom. The molecule has 0 heterocycles. The lowest BCUT2D eigenvalue weighted by Gasteiger charge is -2.15. The molecule has 74 valence electrons. The van der Waals surface area contributed by atoms with Crippen LogP contribution < -0.4 is 0 Å². The van der Waals surface area contributed by atoms with Gasteiger partial charge in [0.2, 0.25) is 0 Å². The molecule has 1 rings (SSSR count). The average molecular weight is 200 g/mol. The highest BCUT2D eigenvalue weighted by Gasteiger charge is 2.31. The molecule has 0 aromatic heterocycles. The molecule has 0 aromatic rings. The molecule has 6 nitrogen and oxygen atoms in total. The molecule has 1 fully saturated rings. The molecule has 7 heteroatoms. The molecule has 0 spiro atoms. The summed E-state index contributed by atoms with van der Waals surface area (Å²) in [5.41, 5.74) is 0. The fourth-order valence-electron chi connectivity index (χ4n) is 1.21. The number of aliphatic hydroxyl groups excluding tert-OH is 1. The van der Waals surface area contributed by atoms with Crippen LogP contribution in [0.25, 0.3) is 0 Å². The van der Waals surface area contributed by atoms with Crippen LogP contribution >= 0.6 is 7.82 Å². The van der Waals surface area contributed by atoms with E-state index in [1.807, 2.05) is 0 Å². The summed E-state index contributed by atoms with van der Waals surface area (Å²) >= 11 is 0. The molecule has 0 bridgehead atoms. The Hall–Kier alpha value is 0.0300. The maximum absolute atomic E-state index is 10.3. The second kappa shape index (κ2) is 4.32. The third-order valence-corrected chi connectivity index (χ3v) is 2.24. The van der Waals surface area contributed by atoms with Gasteiger partial charge >= 0.3 is 7.82 Å². The predicted molar refractivity (Wildman–Crippen MR) is 40.4 cm³/mol. The van der Waals surface area contributed by atoms with Gasteiger partial charge in [-0.3, -0.25) is 4.52 Å². The topological polar surface area (TPSA) is 118 Å². The number of phosphoric acid groups is 1. The monoisotopic (exact) mass is 200 g/mol. The smallest absolute Gasteiger partial charge is 0.412 e. The molecule has 1 aliphatic carbocycles. The van der Waals surface area contributed by atoms with Crippen molar-refractivity contribution < 1.29 is 29.5 Å². The van der Waals surface area contributed by atoms with E-state index in [0.717, 1.165) is 6.42 Å². The normalized spacial score (nSPS) is 29.9. The van der Waals surface area contributed by atoms with Gasteiger partial charge in [0.25, 0.3) is 0 Å². The first kappa shape index (κ1) is 12.0. The zero-order valence-electron chi connectivity index (χ0n) is 6.38. The van der Waals surface area contributed by atoms with Crippen molar-refractivity contribution in [3.05, 3.63) is 0 Å². The molecular weight excluding hydrogens is 187 g/mol. The molecule has 1 aliphatic rings. The van der Waals surface area contributed by atoms with Crippen LogP contribution in [0.2, 0.25) is 0 Å². The molecule has 0 aliphatic heterocycles. The summed E-state index contributed by atoms with van der Waals surface area (Å²) in [4.78, 5) is 16.7. The summed E-state index contributed by atoms with van der Waals surface area (Å²) in [6, 6.07) is 0. The van der Waals surface area contributed by atoms with Gasteiger partial charge in [-0.2, -0.15) is 0 Å². The van der Waals surface area contributed by atoms with Gasteiger partial charge in [-0.15, -0.1) is 0 Å². The highest BCUT2D eigenvalue weighted by molar-refractivity contribution is 7.46. The summed E-state index contributed by atoms with van der Waals surface area (Å²) in [6.45, 7) is 0. The summed E-state index contributed by atoms with van der Waals surface area (Å²) < 4.78 is 14.6. The molecule has 1 saturated carbocycles. The van der Waals surface area contributed by atoms with Gasteiger partial charge in [0.1, 0.15) is 0 Å². The fraction of sp³-hybridized carbons (Fsp3) is 1.00. The van der Waals surface area contributed by atoms with Crippen LogP contribution in [0.4, 0.5) is 0 Å². The van der Waals surface area contributed by atoms with E-state index in [9.17, 15) is 4.57 Å². The molecular formula is C5H13O6P. The van der Waals surface area contributed by atoms with Crippen molar-refractivity contribution in [2.24, 2.45) is 0 Å². The minimum atomic E-state index is -4.41. The van der Waals surface area contributed by atoms with Gasteiger partial charge in [-0.25, -0.2) is 4.57 Å². The molecule has 12 heavy (non-hydrogen) atoms. The third-order valence-electron chi connectivity index (χ3n) is 1.69. The number of hydrogen-bond acceptors (Lipinski definition) is 3. The van der Waals surface area contributed by atoms with Crippen LogP contribution in [-0.2, 0) is 9.09 Å². The van der Waals surface area contributed by atoms with Crippen molar-refractivity contribution in [3.63, 3.8) is 0 Å². The largest absolute Gasteiger partial charge is 0.469 e. The van der Waals surface area contributed by atoms with Crippen molar-refractivity contribution in [1.82, 2.24) is 0 Å². The lowest BCUT2D eigenvalue weighted by molar-refractivity contribution is 0.0384. The Balaban J connectivity index is 0.00000121. The second-order valence-corrected chi connectivity index (χ2v) is 3.82. The van der Waals surface area contributed by atoms with E-state index >= 15 is 0 Å². The molecule has 2 atom stereocenters. The maximum atomic E-state index is 10.3. The Kier molecular flexibility index (Phi) is 4.33. The van der Waals surface area contributed by atoms with Crippen molar-refractivity contribution >= 4 is 7.82 Å².